The van der Waals surface area contributed by atoms with Crippen molar-refractivity contribution < 1.29 is 13.2 Å². The third-order valence-corrected chi connectivity index (χ3v) is 4.05. The van der Waals surface area contributed by atoms with Gasteiger partial charge >= 0.3 is 0 Å². The standard InChI is InChI=1S/C12H15NO3S/c1-16-12-4-2-10(3-5-12)8-13-11-6-7-17(14,15)9-11/h2-7,11,13H,8-9H2,1H3. The molecule has 1 aliphatic rings. The van der Waals surface area contributed by atoms with Crippen molar-refractivity contribution in [2.24, 2.45) is 0 Å². The van der Waals surface area contributed by atoms with E-state index >= 15 is 0 Å². The second-order valence-corrected chi connectivity index (χ2v) is 5.92. The van der Waals surface area contributed by atoms with Gasteiger partial charge in [-0.3, -0.25) is 0 Å². The third kappa shape index (κ3) is 3.31. The van der Waals surface area contributed by atoms with E-state index in [2.05, 4.69) is 5.32 Å². The fourth-order valence-electron chi connectivity index (χ4n) is 1.70. The molecule has 0 bridgehead atoms. The number of hydrogen-bond donors (Lipinski definition) is 1. The maximum atomic E-state index is 11.2. The van der Waals surface area contributed by atoms with Gasteiger partial charge in [-0.2, -0.15) is 0 Å². The molecule has 0 fully saturated rings. The van der Waals surface area contributed by atoms with E-state index in [0.29, 0.717) is 6.54 Å². The number of benzene rings is 1. The predicted octanol–water partition coefficient (Wildman–Crippen LogP) is 1.10. The second kappa shape index (κ2) is 4.89. The monoisotopic (exact) mass is 253 g/mol. The van der Waals surface area contributed by atoms with Crippen molar-refractivity contribution in [3.63, 3.8) is 0 Å². The molecular formula is C12H15NO3S. The fourth-order valence-corrected chi connectivity index (χ4v) is 2.96. The van der Waals surface area contributed by atoms with Crippen molar-refractivity contribution in [3.8, 4) is 5.75 Å². The molecule has 92 valence electrons. The topological polar surface area (TPSA) is 55.4 Å². The van der Waals surface area contributed by atoms with Crippen LogP contribution in [0.5, 0.6) is 5.75 Å². The second-order valence-electron chi connectivity index (χ2n) is 3.99. The van der Waals surface area contributed by atoms with Gasteiger partial charge in [0.2, 0.25) is 0 Å². The summed E-state index contributed by atoms with van der Waals surface area (Å²) in [4.78, 5) is 0. The quantitative estimate of drug-likeness (QED) is 0.873. The SMILES string of the molecule is COc1ccc(CNC2C=CS(=O)(=O)C2)cc1. The highest BCUT2D eigenvalue weighted by Crippen LogP contribution is 2.12. The molecule has 0 saturated heterocycles. The number of methoxy groups -OCH3 is 1. The van der Waals surface area contributed by atoms with Gasteiger partial charge in [0.05, 0.1) is 12.9 Å². The van der Waals surface area contributed by atoms with Crippen LogP contribution in [0.2, 0.25) is 0 Å². The van der Waals surface area contributed by atoms with Crippen molar-refractivity contribution >= 4 is 9.84 Å². The van der Waals surface area contributed by atoms with E-state index < -0.39 is 9.84 Å². The molecule has 5 heteroatoms. The average molecular weight is 253 g/mol. The summed E-state index contributed by atoms with van der Waals surface area (Å²) in [7, 11) is -1.35. The van der Waals surface area contributed by atoms with Gasteiger partial charge in [0.1, 0.15) is 5.75 Å². The molecular weight excluding hydrogens is 238 g/mol. The molecule has 1 aromatic rings. The summed E-state index contributed by atoms with van der Waals surface area (Å²) in [6.07, 6.45) is 1.69. The molecule has 17 heavy (non-hydrogen) atoms. The molecule has 0 saturated carbocycles. The molecule has 0 spiro atoms. The van der Waals surface area contributed by atoms with Crippen LogP contribution in [0.3, 0.4) is 0 Å². The molecule has 2 rings (SSSR count). The fraction of sp³-hybridized carbons (Fsp3) is 0.333. The van der Waals surface area contributed by atoms with Crippen LogP contribution in [0.4, 0.5) is 0 Å². The van der Waals surface area contributed by atoms with Crippen molar-refractivity contribution in [2.45, 2.75) is 12.6 Å². The summed E-state index contributed by atoms with van der Waals surface area (Å²) >= 11 is 0. The lowest BCUT2D eigenvalue weighted by Gasteiger charge is -2.10. The Kier molecular flexibility index (Phi) is 3.49. The van der Waals surface area contributed by atoms with Crippen LogP contribution in [-0.4, -0.2) is 27.3 Å². The zero-order valence-corrected chi connectivity index (χ0v) is 10.4. The van der Waals surface area contributed by atoms with Crippen LogP contribution in [0, 0.1) is 0 Å². The average Bonchev–Trinajstić information content (AvgIpc) is 2.67. The number of hydrogen-bond acceptors (Lipinski definition) is 4. The first-order valence-corrected chi connectivity index (χ1v) is 7.08. The van der Waals surface area contributed by atoms with Gasteiger partial charge in [-0.1, -0.05) is 18.2 Å². The van der Waals surface area contributed by atoms with Crippen molar-refractivity contribution in [1.29, 1.82) is 0 Å². The van der Waals surface area contributed by atoms with Gasteiger partial charge < -0.3 is 10.1 Å². The molecule has 1 aromatic carbocycles. The lowest BCUT2D eigenvalue weighted by atomic mass is 10.2. The maximum Gasteiger partial charge on any atom is 0.173 e. The largest absolute Gasteiger partial charge is 0.497 e. The van der Waals surface area contributed by atoms with Crippen LogP contribution in [-0.2, 0) is 16.4 Å². The van der Waals surface area contributed by atoms with Crippen LogP contribution >= 0.6 is 0 Å². The van der Waals surface area contributed by atoms with E-state index in [1.165, 1.54) is 5.41 Å². The Morgan fingerprint density at radius 3 is 2.59 bits per heavy atom. The zero-order valence-electron chi connectivity index (χ0n) is 9.59. The molecule has 1 aliphatic heterocycles. The molecule has 0 radical (unpaired) electrons. The zero-order chi connectivity index (χ0) is 12.3. The Morgan fingerprint density at radius 2 is 2.06 bits per heavy atom. The molecule has 0 amide bonds. The van der Waals surface area contributed by atoms with E-state index in [4.69, 9.17) is 4.74 Å². The molecule has 4 nitrogen and oxygen atoms in total. The van der Waals surface area contributed by atoms with E-state index in [0.717, 1.165) is 11.3 Å². The summed E-state index contributed by atoms with van der Waals surface area (Å²) in [6.45, 7) is 0.647. The van der Waals surface area contributed by atoms with Crippen molar-refractivity contribution in [3.05, 3.63) is 41.3 Å². The van der Waals surface area contributed by atoms with Gasteiger partial charge in [-0.15, -0.1) is 0 Å². The van der Waals surface area contributed by atoms with Crippen molar-refractivity contribution in [1.82, 2.24) is 5.32 Å². The minimum Gasteiger partial charge on any atom is -0.497 e. The van der Waals surface area contributed by atoms with E-state index in [9.17, 15) is 8.42 Å². The molecule has 1 heterocycles. The molecule has 0 aromatic heterocycles. The Labute approximate surface area is 101 Å². The number of rotatable bonds is 4. The lowest BCUT2D eigenvalue weighted by molar-refractivity contribution is 0.414. The number of sulfone groups is 1. The maximum absolute atomic E-state index is 11.2. The Balaban J connectivity index is 1.88. The molecule has 0 aliphatic carbocycles. The van der Waals surface area contributed by atoms with Gasteiger partial charge in [0.15, 0.2) is 9.84 Å². The van der Waals surface area contributed by atoms with Gasteiger partial charge in [0, 0.05) is 18.0 Å². The Morgan fingerprint density at radius 1 is 1.35 bits per heavy atom. The normalized spacial score (nSPS) is 21.6. The van der Waals surface area contributed by atoms with Crippen LogP contribution in [0.15, 0.2) is 35.7 Å². The van der Waals surface area contributed by atoms with Crippen molar-refractivity contribution in [2.75, 3.05) is 12.9 Å². The van der Waals surface area contributed by atoms with Gasteiger partial charge in [-0.05, 0) is 17.7 Å². The minimum atomic E-state index is -2.97. The van der Waals surface area contributed by atoms with Crippen LogP contribution in [0.1, 0.15) is 5.56 Å². The highest BCUT2D eigenvalue weighted by atomic mass is 32.2. The lowest BCUT2D eigenvalue weighted by Crippen LogP contribution is -2.29. The Hall–Kier alpha value is -1.33. The first-order valence-electron chi connectivity index (χ1n) is 5.36. The summed E-state index contributed by atoms with van der Waals surface area (Å²) in [5, 5.41) is 4.46. The summed E-state index contributed by atoms with van der Waals surface area (Å²) in [6, 6.07) is 7.61. The molecule has 1 unspecified atom stereocenters. The van der Waals surface area contributed by atoms with Gasteiger partial charge in [0.25, 0.3) is 0 Å². The first-order chi connectivity index (χ1) is 8.09. The summed E-state index contributed by atoms with van der Waals surface area (Å²) in [5.41, 5.74) is 1.10. The number of ether oxygens (including phenoxy) is 1. The third-order valence-electron chi connectivity index (χ3n) is 2.66. The summed E-state index contributed by atoms with van der Waals surface area (Å²) in [5.74, 6) is 0.973. The highest BCUT2D eigenvalue weighted by molar-refractivity contribution is 7.94. The van der Waals surface area contributed by atoms with Crippen LogP contribution < -0.4 is 10.1 Å². The van der Waals surface area contributed by atoms with E-state index in [1.807, 2.05) is 24.3 Å². The molecule has 1 N–H and O–H groups in total. The summed E-state index contributed by atoms with van der Waals surface area (Å²) < 4.78 is 27.4. The number of nitrogens with one attached hydrogen (secondary N) is 1. The van der Waals surface area contributed by atoms with Gasteiger partial charge in [-0.25, -0.2) is 8.42 Å². The molecule has 1 atom stereocenters. The smallest absolute Gasteiger partial charge is 0.173 e. The van der Waals surface area contributed by atoms with E-state index in [1.54, 1.807) is 13.2 Å². The van der Waals surface area contributed by atoms with Crippen LogP contribution in [0.25, 0.3) is 0 Å². The first kappa shape index (κ1) is 12.1. The predicted molar refractivity (Wildman–Crippen MR) is 66.5 cm³/mol. The Bertz CT molecular complexity index is 505. The van der Waals surface area contributed by atoms with E-state index in [-0.39, 0.29) is 11.8 Å². The minimum absolute atomic E-state index is 0.0814. The highest BCUT2D eigenvalue weighted by Gasteiger charge is 2.20.